The van der Waals surface area contributed by atoms with Crippen LogP contribution in [0.15, 0.2) is 35.0 Å². The lowest BCUT2D eigenvalue weighted by Gasteiger charge is -2.14. The summed E-state index contributed by atoms with van der Waals surface area (Å²) in [6.45, 7) is 4.15. The largest absolute Gasteiger partial charge is 0.464 e. The van der Waals surface area contributed by atoms with Gasteiger partial charge < -0.3 is 9.73 Å². The van der Waals surface area contributed by atoms with Crippen LogP contribution in [0.4, 0.5) is 0 Å². The van der Waals surface area contributed by atoms with Gasteiger partial charge in [-0.2, -0.15) is 0 Å². The second-order valence-electron chi connectivity index (χ2n) is 4.32. The lowest BCUT2D eigenvalue weighted by Crippen LogP contribution is -2.21. The summed E-state index contributed by atoms with van der Waals surface area (Å²) >= 11 is 0. The first-order valence-corrected chi connectivity index (χ1v) is 5.72. The van der Waals surface area contributed by atoms with E-state index in [9.17, 15) is 0 Å². The van der Waals surface area contributed by atoms with Crippen molar-refractivity contribution in [2.45, 2.75) is 13.3 Å². The van der Waals surface area contributed by atoms with Crippen molar-refractivity contribution in [2.75, 3.05) is 13.1 Å². The van der Waals surface area contributed by atoms with E-state index >= 15 is 0 Å². The molecule has 0 saturated carbocycles. The molecule has 2 heterocycles. The molecule has 1 aliphatic heterocycles. The second kappa shape index (κ2) is 3.80. The van der Waals surface area contributed by atoms with E-state index < -0.39 is 0 Å². The van der Waals surface area contributed by atoms with Crippen LogP contribution in [0.1, 0.15) is 17.5 Å². The minimum absolute atomic E-state index is 0.975. The number of benzene rings is 1. The molecule has 1 aliphatic rings. The fraction of sp³-hybridized carbons (Fsp3) is 0.286. The third-order valence-corrected chi connectivity index (χ3v) is 3.17. The minimum atomic E-state index is 0.975. The normalized spacial score (nSPS) is 16.4. The molecule has 0 fully saturated rings. The van der Waals surface area contributed by atoms with Crippen LogP contribution in [-0.2, 0) is 0 Å². The first-order chi connectivity index (χ1) is 7.84. The molecule has 3 rings (SSSR count). The predicted octanol–water partition coefficient (Wildman–Crippen LogP) is 3.12. The Bertz CT molecular complexity index is 551. The van der Waals surface area contributed by atoms with E-state index in [0.717, 1.165) is 25.1 Å². The average molecular weight is 213 g/mol. The molecule has 0 saturated heterocycles. The minimum Gasteiger partial charge on any atom is -0.464 e. The van der Waals surface area contributed by atoms with Crippen molar-refractivity contribution in [3.8, 4) is 0 Å². The summed E-state index contributed by atoms with van der Waals surface area (Å²) < 4.78 is 5.46. The standard InChI is InChI=1S/C14H15NO/c1-10-9-16-14-5-4-11(7-13(10)14)12-3-2-6-15-8-12/h3-5,7,9,15H,2,6,8H2,1H3. The number of fused-ring (bicyclic) bond motifs is 1. The Hall–Kier alpha value is -1.54. The first-order valence-electron chi connectivity index (χ1n) is 5.72. The van der Waals surface area contributed by atoms with Crippen LogP contribution < -0.4 is 5.32 Å². The van der Waals surface area contributed by atoms with Gasteiger partial charge in [-0.1, -0.05) is 12.1 Å². The zero-order valence-electron chi connectivity index (χ0n) is 9.42. The topological polar surface area (TPSA) is 25.2 Å². The molecule has 0 spiro atoms. The average Bonchev–Trinajstić information content (AvgIpc) is 2.72. The Balaban J connectivity index is 2.10. The van der Waals surface area contributed by atoms with Crippen molar-refractivity contribution in [1.29, 1.82) is 0 Å². The van der Waals surface area contributed by atoms with Crippen LogP contribution in [0.25, 0.3) is 16.5 Å². The fourth-order valence-corrected chi connectivity index (χ4v) is 2.22. The van der Waals surface area contributed by atoms with Gasteiger partial charge in [-0.05, 0) is 48.7 Å². The summed E-state index contributed by atoms with van der Waals surface area (Å²) in [6, 6.07) is 6.43. The summed E-state index contributed by atoms with van der Waals surface area (Å²) in [5.74, 6) is 0. The van der Waals surface area contributed by atoms with Gasteiger partial charge in [0.05, 0.1) is 6.26 Å². The van der Waals surface area contributed by atoms with E-state index in [1.807, 2.05) is 6.26 Å². The Morgan fingerprint density at radius 1 is 1.31 bits per heavy atom. The van der Waals surface area contributed by atoms with E-state index in [4.69, 9.17) is 4.42 Å². The first kappa shape index (κ1) is 9.67. The van der Waals surface area contributed by atoms with E-state index in [-0.39, 0.29) is 0 Å². The molecular formula is C14H15NO. The summed E-state index contributed by atoms with van der Waals surface area (Å²) in [4.78, 5) is 0. The molecule has 0 unspecified atom stereocenters. The highest BCUT2D eigenvalue weighted by Crippen LogP contribution is 2.25. The Morgan fingerprint density at radius 3 is 3.06 bits per heavy atom. The van der Waals surface area contributed by atoms with Gasteiger partial charge in [-0.15, -0.1) is 0 Å². The van der Waals surface area contributed by atoms with Gasteiger partial charge in [0.15, 0.2) is 0 Å². The third kappa shape index (κ3) is 1.55. The number of furan rings is 1. The summed E-state index contributed by atoms with van der Waals surface area (Å²) in [7, 11) is 0. The number of nitrogens with one attached hydrogen (secondary N) is 1. The molecule has 1 aromatic carbocycles. The number of hydrogen-bond donors (Lipinski definition) is 1. The molecule has 2 heteroatoms. The van der Waals surface area contributed by atoms with Crippen LogP contribution in [0.3, 0.4) is 0 Å². The lowest BCUT2D eigenvalue weighted by atomic mass is 10.0. The quantitative estimate of drug-likeness (QED) is 0.787. The Labute approximate surface area is 95.0 Å². The zero-order valence-corrected chi connectivity index (χ0v) is 9.42. The molecule has 0 atom stereocenters. The summed E-state index contributed by atoms with van der Waals surface area (Å²) in [5, 5.41) is 4.62. The van der Waals surface area contributed by atoms with Crippen LogP contribution >= 0.6 is 0 Å². The van der Waals surface area contributed by atoms with Crippen molar-refractivity contribution in [1.82, 2.24) is 5.32 Å². The van der Waals surface area contributed by atoms with Crippen molar-refractivity contribution < 1.29 is 4.42 Å². The van der Waals surface area contributed by atoms with Gasteiger partial charge in [0.2, 0.25) is 0 Å². The second-order valence-corrected chi connectivity index (χ2v) is 4.32. The van der Waals surface area contributed by atoms with Crippen LogP contribution in [0, 0.1) is 6.92 Å². The van der Waals surface area contributed by atoms with Gasteiger partial charge in [0.1, 0.15) is 5.58 Å². The molecule has 2 aromatic rings. The fourth-order valence-electron chi connectivity index (χ4n) is 2.22. The summed E-state index contributed by atoms with van der Waals surface area (Å²) in [6.07, 6.45) is 5.27. The molecule has 0 amide bonds. The van der Waals surface area contributed by atoms with Crippen molar-refractivity contribution in [3.05, 3.63) is 41.7 Å². The van der Waals surface area contributed by atoms with E-state index in [1.54, 1.807) is 0 Å². The lowest BCUT2D eigenvalue weighted by molar-refractivity contribution is 0.613. The van der Waals surface area contributed by atoms with Crippen molar-refractivity contribution in [2.24, 2.45) is 0 Å². The molecule has 0 bridgehead atoms. The predicted molar refractivity (Wildman–Crippen MR) is 66.4 cm³/mol. The maximum Gasteiger partial charge on any atom is 0.134 e. The Kier molecular flexibility index (Phi) is 2.29. The van der Waals surface area contributed by atoms with E-state index in [1.165, 1.54) is 22.1 Å². The molecule has 1 N–H and O–H groups in total. The van der Waals surface area contributed by atoms with Gasteiger partial charge in [-0.25, -0.2) is 0 Å². The van der Waals surface area contributed by atoms with Crippen LogP contribution in [-0.4, -0.2) is 13.1 Å². The van der Waals surface area contributed by atoms with Gasteiger partial charge >= 0.3 is 0 Å². The molecule has 16 heavy (non-hydrogen) atoms. The van der Waals surface area contributed by atoms with Crippen LogP contribution in [0.2, 0.25) is 0 Å². The monoisotopic (exact) mass is 213 g/mol. The third-order valence-electron chi connectivity index (χ3n) is 3.17. The number of aryl methyl sites for hydroxylation is 1. The molecule has 1 aromatic heterocycles. The van der Waals surface area contributed by atoms with Crippen molar-refractivity contribution in [3.63, 3.8) is 0 Å². The molecule has 0 radical (unpaired) electrons. The van der Waals surface area contributed by atoms with E-state index in [2.05, 4.69) is 36.5 Å². The maximum absolute atomic E-state index is 5.46. The molecule has 82 valence electrons. The molecule has 2 nitrogen and oxygen atoms in total. The van der Waals surface area contributed by atoms with Gasteiger partial charge in [0.25, 0.3) is 0 Å². The number of rotatable bonds is 1. The van der Waals surface area contributed by atoms with Crippen LogP contribution in [0.5, 0.6) is 0 Å². The zero-order chi connectivity index (χ0) is 11.0. The highest BCUT2D eigenvalue weighted by molar-refractivity contribution is 5.85. The highest BCUT2D eigenvalue weighted by Gasteiger charge is 2.08. The van der Waals surface area contributed by atoms with E-state index in [0.29, 0.717) is 0 Å². The van der Waals surface area contributed by atoms with Gasteiger partial charge in [-0.3, -0.25) is 0 Å². The van der Waals surface area contributed by atoms with Gasteiger partial charge in [0, 0.05) is 11.9 Å². The SMILES string of the molecule is Cc1coc2ccc(C3=CCCNC3)cc12. The summed E-state index contributed by atoms with van der Waals surface area (Å²) in [5.41, 5.74) is 4.89. The highest BCUT2D eigenvalue weighted by atomic mass is 16.3. The molecular weight excluding hydrogens is 198 g/mol. The Morgan fingerprint density at radius 2 is 2.25 bits per heavy atom. The van der Waals surface area contributed by atoms with Crippen molar-refractivity contribution >= 4 is 16.5 Å². The molecule has 0 aliphatic carbocycles. The maximum atomic E-state index is 5.46. The number of hydrogen-bond acceptors (Lipinski definition) is 2. The smallest absolute Gasteiger partial charge is 0.134 e.